The van der Waals surface area contributed by atoms with E-state index in [2.05, 4.69) is 0 Å². The number of nitrogens with zero attached hydrogens (tertiary/aromatic N) is 2. The molecule has 0 aromatic carbocycles. The van der Waals surface area contributed by atoms with Gasteiger partial charge in [-0.3, -0.25) is 0 Å². The Morgan fingerprint density at radius 1 is 1.38 bits per heavy atom. The van der Waals surface area contributed by atoms with Gasteiger partial charge < -0.3 is 5.11 Å². The van der Waals surface area contributed by atoms with Crippen molar-refractivity contribution in [3.05, 3.63) is 9.81 Å². The minimum Gasteiger partial charge on any atom is -0.478 e. The summed E-state index contributed by atoms with van der Waals surface area (Å²) >= 11 is 0. The van der Waals surface area contributed by atoms with Gasteiger partial charge in [-0.2, -0.15) is 0 Å². The van der Waals surface area contributed by atoms with Gasteiger partial charge in [0.25, 0.3) is 0 Å². The van der Waals surface area contributed by atoms with E-state index in [4.69, 9.17) is 5.11 Å². The summed E-state index contributed by atoms with van der Waals surface area (Å²) in [6, 6.07) is 0. The summed E-state index contributed by atoms with van der Waals surface area (Å²) in [4.78, 5) is 28.1. The number of rotatable bonds is 3. The van der Waals surface area contributed by atoms with Crippen LogP contribution in [-0.2, 0) is 4.79 Å². The van der Waals surface area contributed by atoms with Gasteiger partial charge >= 0.3 is 12.1 Å². The van der Waals surface area contributed by atoms with Gasteiger partial charge in [-0.15, -0.1) is 9.81 Å². The maximum absolute atomic E-state index is 9.57. The molecule has 0 saturated heterocycles. The number of carbonyl (C=O) groups is 1. The molecule has 8 heavy (non-hydrogen) atoms. The molecule has 0 aliphatic heterocycles. The summed E-state index contributed by atoms with van der Waals surface area (Å²) in [6.45, 7) is 0. The quantitative estimate of drug-likeness (QED) is 0.524. The number of hydrogen-bond acceptors (Lipinski definition) is 5. The highest BCUT2D eigenvalue weighted by Gasteiger charge is 2.16. The van der Waals surface area contributed by atoms with Crippen LogP contribution in [0.5, 0.6) is 0 Å². The average Bonchev–Trinajstić information content (AvgIpc) is 1.69. The Morgan fingerprint density at radius 3 is 1.75 bits per heavy atom. The molecule has 0 aliphatic carbocycles. The summed E-state index contributed by atoms with van der Waals surface area (Å²) < 4.78 is 0. The van der Waals surface area contributed by atoms with Crippen molar-refractivity contribution in [1.82, 2.24) is 0 Å². The van der Waals surface area contributed by atoms with Crippen LogP contribution in [0.4, 0.5) is 0 Å². The summed E-state index contributed by atoms with van der Waals surface area (Å²) in [6.07, 6.45) is -1.99. The number of hydrogen-bond donors (Lipinski definition) is 1. The molecule has 6 nitrogen and oxygen atoms in total. The van der Waals surface area contributed by atoms with Crippen LogP contribution in [0.15, 0.2) is 10.4 Å². The van der Waals surface area contributed by atoms with E-state index in [1.54, 1.807) is 0 Å². The molecule has 0 saturated carbocycles. The maximum Gasteiger partial charge on any atom is 0.358 e. The van der Waals surface area contributed by atoms with Gasteiger partial charge in [0.2, 0.25) is 0 Å². The predicted molar refractivity (Wildman–Crippen MR) is 23.0 cm³/mol. The van der Waals surface area contributed by atoms with Crippen molar-refractivity contribution in [2.45, 2.75) is 6.17 Å². The van der Waals surface area contributed by atoms with Crippen molar-refractivity contribution in [2.24, 2.45) is 10.4 Å². The lowest BCUT2D eigenvalue weighted by atomic mass is 10.6. The lowest BCUT2D eigenvalue weighted by Gasteiger charge is -1.85. The minimum absolute atomic E-state index is 1.63. The van der Waals surface area contributed by atoms with Crippen LogP contribution in [-0.4, -0.2) is 17.2 Å². The van der Waals surface area contributed by atoms with Crippen LogP contribution in [0.2, 0.25) is 0 Å². The number of nitroso groups, excluding NO2 is 2. The van der Waals surface area contributed by atoms with Crippen molar-refractivity contribution in [2.75, 3.05) is 0 Å². The molecule has 0 atom stereocenters. The molecule has 0 radical (unpaired) electrons. The van der Waals surface area contributed by atoms with Crippen LogP contribution in [0.25, 0.3) is 0 Å². The highest BCUT2D eigenvalue weighted by atomic mass is 16.4. The molecule has 0 bridgehead atoms. The molecule has 44 valence electrons. The molecule has 0 heterocycles. The van der Waals surface area contributed by atoms with Crippen LogP contribution < -0.4 is 0 Å². The second-order valence-electron chi connectivity index (χ2n) is 0.923. The number of aliphatic carboxylic acids is 1. The third-order valence-electron chi connectivity index (χ3n) is 0.421. The van der Waals surface area contributed by atoms with Gasteiger partial charge in [0, 0.05) is 0 Å². The van der Waals surface area contributed by atoms with Crippen molar-refractivity contribution in [3.63, 3.8) is 0 Å². The normalized spacial score (nSPS) is 8.62. The molecular formula is C2H2N2O4. The van der Waals surface area contributed by atoms with E-state index in [0.29, 0.717) is 0 Å². The van der Waals surface area contributed by atoms with E-state index < -0.39 is 12.1 Å². The summed E-state index contributed by atoms with van der Waals surface area (Å²) in [7, 11) is 0. The van der Waals surface area contributed by atoms with Gasteiger partial charge in [0.15, 0.2) is 0 Å². The fraction of sp³-hybridized carbons (Fsp3) is 0.500. The van der Waals surface area contributed by atoms with E-state index in [-0.39, 0.29) is 0 Å². The van der Waals surface area contributed by atoms with Crippen molar-refractivity contribution in [3.8, 4) is 0 Å². The molecular weight excluding hydrogens is 116 g/mol. The smallest absolute Gasteiger partial charge is 0.358 e. The molecule has 6 heteroatoms. The van der Waals surface area contributed by atoms with E-state index in [1.165, 1.54) is 0 Å². The van der Waals surface area contributed by atoms with Crippen molar-refractivity contribution in [1.29, 1.82) is 0 Å². The molecule has 0 aromatic heterocycles. The van der Waals surface area contributed by atoms with Crippen LogP contribution >= 0.6 is 0 Å². The van der Waals surface area contributed by atoms with E-state index in [1.807, 2.05) is 10.4 Å². The van der Waals surface area contributed by atoms with Gasteiger partial charge in [-0.05, 0) is 10.4 Å². The summed E-state index contributed by atoms with van der Waals surface area (Å²) in [5.41, 5.74) is 0. The van der Waals surface area contributed by atoms with Crippen molar-refractivity contribution < 1.29 is 9.90 Å². The topological polar surface area (TPSA) is 96.2 Å². The van der Waals surface area contributed by atoms with Crippen LogP contribution in [0, 0.1) is 9.81 Å². The molecule has 0 rings (SSSR count). The second-order valence-corrected chi connectivity index (χ2v) is 0.923. The van der Waals surface area contributed by atoms with Crippen LogP contribution in [0.3, 0.4) is 0 Å². The van der Waals surface area contributed by atoms with E-state index >= 15 is 0 Å². The number of carboxylic acids is 1. The predicted octanol–water partition coefficient (Wildman–Crippen LogP) is -0.0701. The zero-order chi connectivity index (χ0) is 6.57. The Hall–Kier alpha value is -1.33. The molecule has 0 spiro atoms. The molecule has 0 aromatic rings. The highest BCUT2D eigenvalue weighted by Crippen LogP contribution is 1.89. The zero-order valence-electron chi connectivity index (χ0n) is 3.64. The lowest BCUT2D eigenvalue weighted by Crippen LogP contribution is -2.12. The Labute approximate surface area is 43.4 Å². The fourth-order valence-electron chi connectivity index (χ4n) is 0.109. The number of carboxylic acid groups (broad SMARTS) is 1. The monoisotopic (exact) mass is 118 g/mol. The SMILES string of the molecule is O=NC(N=O)C(=O)O. The minimum atomic E-state index is -1.99. The van der Waals surface area contributed by atoms with Gasteiger partial charge in [0.1, 0.15) is 0 Å². The zero-order valence-corrected chi connectivity index (χ0v) is 3.64. The molecule has 0 amide bonds. The average molecular weight is 118 g/mol. The fourth-order valence-corrected chi connectivity index (χ4v) is 0.109. The van der Waals surface area contributed by atoms with Gasteiger partial charge in [-0.25, -0.2) is 4.79 Å². The summed E-state index contributed by atoms with van der Waals surface area (Å²) in [5.74, 6) is -1.63. The van der Waals surface area contributed by atoms with E-state index in [9.17, 15) is 14.6 Å². The van der Waals surface area contributed by atoms with Crippen LogP contribution in [0.1, 0.15) is 0 Å². The van der Waals surface area contributed by atoms with E-state index in [0.717, 1.165) is 0 Å². The van der Waals surface area contributed by atoms with Gasteiger partial charge in [-0.1, -0.05) is 0 Å². The Kier molecular flexibility index (Phi) is 2.32. The lowest BCUT2D eigenvalue weighted by molar-refractivity contribution is -0.138. The first kappa shape index (κ1) is 6.67. The second kappa shape index (κ2) is 2.78. The molecule has 0 unspecified atom stereocenters. The third kappa shape index (κ3) is 1.41. The first-order valence-electron chi connectivity index (χ1n) is 1.60. The molecule has 0 fully saturated rings. The van der Waals surface area contributed by atoms with Crippen molar-refractivity contribution >= 4 is 5.97 Å². The molecule has 1 N–H and O–H groups in total. The Balaban J connectivity index is 3.88. The first-order chi connectivity index (χ1) is 3.72. The Morgan fingerprint density at radius 2 is 1.75 bits per heavy atom. The third-order valence-corrected chi connectivity index (χ3v) is 0.421. The Bertz CT molecular complexity index is 113. The molecule has 0 aliphatic rings. The largest absolute Gasteiger partial charge is 0.478 e. The highest BCUT2D eigenvalue weighted by molar-refractivity contribution is 5.73. The standard InChI is InChI=1S/C2H2N2O4/c5-2(6)1(3-7)4-8/h1H,(H,5,6). The summed E-state index contributed by atoms with van der Waals surface area (Å²) in [5, 5.41) is 11.5. The maximum atomic E-state index is 9.57. The van der Waals surface area contributed by atoms with Gasteiger partial charge in [0.05, 0.1) is 0 Å². The first-order valence-corrected chi connectivity index (χ1v) is 1.60.